The Labute approximate surface area is 118 Å². The lowest BCUT2D eigenvalue weighted by Gasteiger charge is -2.25. The first-order valence-electron chi connectivity index (χ1n) is 6.29. The quantitative estimate of drug-likeness (QED) is 0.865. The predicted octanol–water partition coefficient (Wildman–Crippen LogP) is 3.12. The molecule has 2 rings (SSSR count). The second kappa shape index (κ2) is 6.20. The van der Waals surface area contributed by atoms with E-state index < -0.39 is 0 Å². The third-order valence-electron chi connectivity index (χ3n) is 3.35. The first-order valence-corrected chi connectivity index (χ1v) is 7.05. The maximum absolute atomic E-state index is 9.51. The van der Waals surface area contributed by atoms with Crippen LogP contribution in [-0.2, 0) is 6.54 Å². The molecule has 0 saturated carbocycles. The van der Waals surface area contributed by atoms with Crippen molar-refractivity contribution in [2.24, 2.45) is 0 Å². The van der Waals surface area contributed by atoms with Crippen molar-refractivity contribution in [3.05, 3.63) is 28.0 Å². The van der Waals surface area contributed by atoms with E-state index in [4.69, 9.17) is 23.2 Å². The molecule has 1 aromatic rings. The Morgan fingerprint density at radius 2 is 2.28 bits per heavy atom. The molecule has 0 aromatic carbocycles. The number of aliphatic hydroxyl groups is 1. The number of rotatable bonds is 4. The van der Waals surface area contributed by atoms with Gasteiger partial charge in [-0.15, -0.1) is 0 Å². The van der Waals surface area contributed by atoms with Crippen LogP contribution in [0, 0.1) is 0 Å². The number of hydrogen-bond acceptors (Lipinski definition) is 3. The Hall–Kier alpha value is -0.350. The van der Waals surface area contributed by atoms with Crippen molar-refractivity contribution in [3.8, 4) is 0 Å². The van der Waals surface area contributed by atoms with E-state index in [1.165, 1.54) is 0 Å². The van der Waals surface area contributed by atoms with Crippen LogP contribution < -0.4 is 0 Å². The van der Waals surface area contributed by atoms with Crippen LogP contribution in [0.15, 0.2) is 12.1 Å². The second-order valence-electron chi connectivity index (χ2n) is 4.91. The lowest BCUT2D eigenvalue weighted by Crippen LogP contribution is -2.31. The fourth-order valence-electron chi connectivity index (χ4n) is 2.52. The molecule has 1 aromatic heterocycles. The summed E-state index contributed by atoms with van der Waals surface area (Å²) in [5, 5.41) is 10.6. The minimum Gasteiger partial charge on any atom is -0.393 e. The van der Waals surface area contributed by atoms with E-state index >= 15 is 0 Å². The largest absolute Gasteiger partial charge is 0.393 e. The minimum atomic E-state index is -0.265. The Balaban J connectivity index is 2.05. The van der Waals surface area contributed by atoms with Gasteiger partial charge in [-0.2, -0.15) is 0 Å². The van der Waals surface area contributed by atoms with Gasteiger partial charge in [0.1, 0.15) is 5.15 Å². The Morgan fingerprint density at radius 1 is 1.50 bits per heavy atom. The van der Waals surface area contributed by atoms with E-state index in [1.54, 1.807) is 12.1 Å². The summed E-state index contributed by atoms with van der Waals surface area (Å²) < 4.78 is 0. The summed E-state index contributed by atoms with van der Waals surface area (Å²) >= 11 is 12.0. The molecule has 2 atom stereocenters. The molecule has 100 valence electrons. The molecule has 3 nitrogen and oxygen atoms in total. The summed E-state index contributed by atoms with van der Waals surface area (Å²) in [6.07, 6.45) is 2.83. The van der Waals surface area contributed by atoms with Crippen molar-refractivity contribution in [1.82, 2.24) is 9.88 Å². The first kappa shape index (κ1) is 14.1. The van der Waals surface area contributed by atoms with E-state index in [1.807, 2.05) is 6.92 Å². The summed E-state index contributed by atoms with van der Waals surface area (Å²) in [5.74, 6) is 0. The predicted molar refractivity (Wildman–Crippen MR) is 74.0 cm³/mol. The van der Waals surface area contributed by atoms with Crippen molar-refractivity contribution < 1.29 is 5.11 Å². The molecule has 1 N–H and O–H groups in total. The smallest absolute Gasteiger partial charge is 0.129 e. The molecular formula is C13H18Cl2N2O. The molecule has 1 saturated heterocycles. The highest BCUT2D eigenvalue weighted by molar-refractivity contribution is 6.32. The molecule has 2 heterocycles. The lowest BCUT2D eigenvalue weighted by atomic mass is 10.1. The molecule has 0 bridgehead atoms. The fraction of sp³-hybridized carbons (Fsp3) is 0.615. The van der Waals surface area contributed by atoms with E-state index in [0.717, 1.165) is 31.5 Å². The molecular weight excluding hydrogens is 271 g/mol. The molecule has 0 spiro atoms. The van der Waals surface area contributed by atoms with Crippen LogP contribution in [0.3, 0.4) is 0 Å². The number of aromatic nitrogens is 1. The van der Waals surface area contributed by atoms with Gasteiger partial charge in [0.25, 0.3) is 0 Å². The maximum atomic E-state index is 9.51. The van der Waals surface area contributed by atoms with Gasteiger partial charge in [0.2, 0.25) is 0 Å². The van der Waals surface area contributed by atoms with Crippen LogP contribution in [0.5, 0.6) is 0 Å². The SMILES string of the molecule is CC(O)CC1CCCN1Cc1nc(Cl)ccc1Cl. The summed E-state index contributed by atoms with van der Waals surface area (Å²) in [6.45, 7) is 3.57. The van der Waals surface area contributed by atoms with Crippen molar-refractivity contribution in [2.75, 3.05) is 6.54 Å². The Morgan fingerprint density at radius 3 is 3.00 bits per heavy atom. The number of halogens is 2. The number of hydrogen-bond donors (Lipinski definition) is 1. The molecule has 1 aliphatic heterocycles. The summed E-state index contributed by atoms with van der Waals surface area (Å²) in [5.41, 5.74) is 0.821. The zero-order valence-electron chi connectivity index (χ0n) is 10.4. The van der Waals surface area contributed by atoms with Crippen LogP contribution in [0.25, 0.3) is 0 Å². The highest BCUT2D eigenvalue weighted by Gasteiger charge is 2.26. The molecule has 2 unspecified atom stereocenters. The van der Waals surface area contributed by atoms with E-state index in [0.29, 0.717) is 22.8 Å². The monoisotopic (exact) mass is 288 g/mol. The van der Waals surface area contributed by atoms with Crippen LogP contribution in [0.4, 0.5) is 0 Å². The highest BCUT2D eigenvalue weighted by Crippen LogP contribution is 2.26. The minimum absolute atomic E-state index is 0.265. The average molecular weight is 289 g/mol. The van der Waals surface area contributed by atoms with Crippen LogP contribution in [0.1, 0.15) is 31.9 Å². The summed E-state index contributed by atoms with van der Waals surface area (Å²) in [7, 11) is 0. The maximum Gasteiger partial charge on any atom is 0.129 e. The lowest BCUT2D eigenvalue weighted by molar-refractivity contribution is 0.130. The molecule has 18 heavy (non-hydrogen) atoms. The number of nitrogens with zero attached hydrogens (tertiary/aromatic N) is 2. The van der Waals surface area contributed by atoms with Crippen molar-refractivity contribution >= 4 is 23.2 Å². The Bertz CT molecular complexity index is 412. The topological polar surface area (TPSA) is 36.4 Å². The van der Waals surface area contributed by atoms with Gasteiger partial charge in [0.05, 0.1) is 16.8 Å². The van der Waals surface area contributed by atoms with Gasteiger partial charge in [-0.3, -0.25) is 4.90 Å². The van der Waals surface area contributed by atoms with Gasteiger partial charge in [-0.05, 0) is 44.9 Å². The molecule has 1 aliphatic rings. The summed E-state index contributed by atoms with van der Waals surface area (Å²) in [4.78, 5) is 6.61. The van der Waals surface area contributed by atoms with Gasteiger partial charge in [0.15, 0.2) is 0 Å². The zero-order chi connectivity index (χ0) is 13.1. The average Bonchev–Trinajstić information content (AvgIpc) is 2.70. The van der Waals surface area contributed by atoms with Crippen LogP contribution >= 0.6 is 23.2 Å². The molecule has 0 amide bonds. The standard InChI is InChI=1S/C13H18Cl2N2O/c1-9(18)7-10-3-2-6-17(10)8-12-11(14)4-5-13(15)16-12/h4-5,9-10,18H,2-3,6-8H2,1H3. The first-order chi connectivity index (χ1) is 8.56. The van der Waals surface area contributed by atoms with Crippen LogP contribution in [0.2, 0.25) is 10.2 Å². The molecule has 0 radical (unpaired) electrons. The van der Waals surface area contributed by atoms with Crippen LogP contribution in [-0.4, -0.2) is 33.7 Å². The fourth-order valence-corrected chi connectivity index (χ4v) is 2.85. The second-order valence-corrected chi connectivity index (χ2v) is 5.71. The number of likely N-dealkylation sites (tertiary alicyclic amines) is 1. The number of aliphatic hydroxyl groups excluding tert-OH is 1. The number of pyridine rings is 1. The van der Waals surface area contributed by atoms with E-state index in [9.17, 15) is 5.11 Å². The van der Waals surface area contributed by atoms with E-state index in [-0.39, 0.29) is 6.10 Å². The molecule has 1 fully saturated rings. The van der Waals surface area contributed by atoms with Gasteiger partial charge in [0, 0.05) is 12.6 Å². The van der Waals surface area contributed by atoms with Crippen molar-refractivity contribution in [2.45, 2.75) is 44.9 Å². The summed E-state index contributed by atoms with van der Waals surface area (Å²) in [6, 6.07) is 3.90. The van der Waals surface area contributed by atoms with Crippen molar-refractivity contribution in [3.63, 3.8) is 0 Å². The zero-order valence-corrected chi connectivity index (χ0v) is 12.0. The van der Waals surface area contributed by atoms with Gasteiger partial charge >= 0.3 is 0 Å². The van der Waals surface area contributed by atoms with Gasteiger partial charge < -0.3 is 5.11 Å². The van der Waals surface area contributed by atoms with Crippen molar-refractivity contribution in [1.29, 1.82) is 0 Å². The third kappa shape index (κ3) is 3.58. The third-order valence-corrected chi connectivity index (χ3v) is 3.90. The van der Waals surface area contributed by atoms with E-state index in [2.05, 4.69) is 9.88 Å². The molecule has 5 heteroatoms. The molecule has 0 aliphatic carbocycles. The van der Waals surface area contributed by atoms with Gasteiger partial charge in [-0.25, -0.2) is 4.98 Å². The van der Waals surface area contributed by atoms with Gasteiger partial charge in [-0.1, -0.05) is 23.2 Å². The highest BCUT2D eigenvalue weighted by atomic mass is 35.5. The Kier molecular flexibility index (Phi) is 4.84. The normalized spacial score (nSPS) is 22.3.